The van der Waals surface area contributed by atoms with Crippen LogP contribution >= 0.6 is 38.6 Å². The van der Waals surface area contributed by atoms with E-state index >= 15 is 0 Å². The predicted octanol–water partition coefficient (Wildman–Crippen LogP) is 5.23. The lowest BCUT2D eigenvalue weighted by atomic mass is 10.0. The van der Waals surface area contributed by atoms with Gasteiger partial charge in [-0.25, -0.2) is 0 Å². The third-order valence-electron chi connectivity index (χ3n) is 3.26. The Morgan fingerprint density at radius 3 is 2.79 bits per heavy atom. The number of nitrogens with one attached hydrogen (secondary N) is 1. The van der Waals surface area contributed by atoms with Gasteiger partial charge in [-0.2, -0.15) is 0 Å². The number of benzene rings is 1. The summed E-state index contributed by atoms with van der Waals surface area (Å²) in [6.45, 7) is 0. The van der Waals surface area contributed by atoms with Crippen LogP contribution in [-0.2, 0) is 6.42 Å². The maximum absolute atomic E-state index is 3.53. The normalized spacial score (nSPS) is 12.9. The van der Waals surface area contributed by atoms with Gasteiger partial charge in [0, 0.05) is 25.5 Å². The Labute approximate surface area is 129 Å². The van der Waals surface area contributed by atoms with E-state index in [-0.39, 0.29) is 0 Å². The van der Waals surface area contributed by atoms with E-state index in [1.165, 1.54) is 25.0 Å². The molecule has 0 aliphatic rings. The molecule has 98 valence electrons. The molecule has 4 heteroatoms. The van der Waals surface area contributed by atoms with Crippen LogP contribution in [-0.4, -0.2) is 7.05 Å². The van der Waals surface area contributed by atoms with Crippen LogP contribution < -0.4 is 5.32 Å². The van der Waals surface area contributed by atoms with E-state index in [0.717, 1.165) is 6.42 Å². The maximum atomic E-state index is 3.53. The van der Waals surface area contributed by atoms with Gasteiger partial charge >= 0.3 is 0 Å². The quantitative estimate of drug-likeness (QED) is 0.678. The molecule has 1 aromatic carbocycles. The van der Waals surface area contributed by atoms with Crippen molar-refractivity contribution in [1.82, 2.24) is 5.32 Å². The van der Waals surface area contributed by atoms with Crippen LogP contribution in [0.1, 0.15) is 16.5 Å². The number of halogens is 1. The van der Waals surface area contributed by atoms with E-state index < -0.39 is 0 Å². The SMILES string of the molecule is CNC(Cc1csc2ccccc12)c1cc(Br)cs1. The molecule has 1 nitrogen and oxygen atoms in total. The minimum absolute atomic E-state index is 0.384. The zero-order valence-corrected chi connectivity index (χ0v) is 13.7. The first-order valence-corrected chi connectivity index (χ1v) is 8.69. The molecular formula is C15H14BrNS2. The Hall–Kier alpha value is -0.680. The van der Waals surface area contributed by atoms with E-state index in [9.17, 15) is 0 Å². The monoisotopic (exact) mass is 351 g/mol. The average molecular weight is 352 g/mol. The minimum Gasteiger partial charge on any atom is -0.312 e. The maximum Gasteiger partial charge on any atom is 0.0454 e. The van der Waals surface area contributed by atoms with Gasteiger partial charge in [-0.3, -0.25) is 0 Å². The second-order valence-corrected chi connectivity index (χ2v) is 7.24. The largest absolute Gasteiger partial charge is 0.312 e. The van der Waals surface area contributed by atoms with Crippen molar-refractivity contribution in [3.63, 3.8) is 0 Å². The van der Waals surface area contributed by atoms with Gasteiger partial charge in [0.15, 0.2) is 0 Å². The van der Waals surface area contributed by atoms with Gasteiger partial charge < -0.3 is 5.32 Å². The van der Waals surface area contributed by atoms with E-state index in [1.807, 2.05) is 18.4 Å². The Morgan fingerprint density at radius 2 is 2.05 bits per heavy atom. The molecule has 1 atom stereocenters. The van der Waals surface area contributed by atoms with Gasteiger partial charge in [0.05, 0.1) is 0 Å². The van der Waals surface area contributed by atoms with Crippen molar-refractivity contribution in [2.75, 3.05) is 7.05 Å². The smallest absolute Gasteiger partial charge is 0.0454 e. The molecule has 0 radical (unpaired) electrons. The fourth-order valence-corrected chi connectivity index (χ4v) is 4.80. The summed E-state index contributed by atoms with van der Waals surface area (Å²) >= 11 is 7.17. The molecule has 2 heterocycles. The first-order valence-electron chi connectivity index (χ1n) is 6.14. The third kappa shape index (κ3) is 2.77. The third-order valence-corrected chi connectivity index (χ3v) is 6.08. The fourth-order valence-electron chi connectivity index (χ4n) is 2.27. The molecule has 3 aromatic rings. The number of fused-ring (bicyclic) bond motifs is 1. The van der Waals surface area contributed by atoms with Gasteiger partial charge in [-0.05, 0) is 57.9 Å². The molecule has 0 aliphatic carbocycles. The molecule has 1 N–H and O–H groups in total. The van der Waals surface area contributed by atoms with E-state index in [2.05, 4.69) is 62.3 Å². The van der Waals surface area contributed by atoms with Crippen molar-refractivity contribution in [2.24, 2.45) is 0 Å². The van der Waals surface area contributed by atoms with Crippen molar-refractivity contribution < 1.29 is 0 Å². The van der Waals surface area contributed by atoms with Crippen LogP contribution in [0.25, 0.3) is 10.1 Å². The van der Waals surface area contributed by atoms with E-state index in [4.69, 9.17) is 0 Å². The van der Waals surface area contributed by atoms with Crippen molar-refractivity contribution >= 4 is 48.7 Å². The molecule has 0 bridgehead atoms. The molecule has 0 saturated carbocycles. The van der Waals surface area contributed by atoms with Crippen LogP contribution in [0.4, 0.5) is 0 Å². The highest BCUT2D eigenvalue weighted by atomic mass is 79.9. The van der Waals surface area contributed by atoms with Crippen LogP contribution in [0.15, 0.2) is 45.6 Å². The second kappa shape index (κ2) is 5.75. The molecule has 19 heavy (non-hydrogen) atoms. The Morgan fingerprint density at radius 1 is 1.21 bits per heavy atom. The average Bonchev–Trinajstić information content (AvgIpc) is 3.03. The summed E-state index contributed by atoms with van der Waals surface area (Å²) < 4.78 is 2.54. The molecule has 3 rings (SSSR count). The lowest BCUT2D eigenvalue weighted by Crippen LogP contribution is -2.17. The summed E-state index contributed by atoms with van der Waals surface area (Å²) in [6, 6.07) is 11.2. The first kappa shape index (κ1) is 13.3. The summed E-state index contributed by atoms with van der Waals surface area (Å²) in [4.78, 5) is 1.38. The summed E-state index contributed by atoms with van der Waals surface area (Å²) in [5.74, 6) is 0. The molecule has 0 fully saturated rings. The lowest BCUT2D eigenvalue weighted by molar-refractivity contribution is 0.604. The highest BCUT2D eigenvalue weighted by molar-refractivity contribution is 9.10. The van der Waals surface area contributed by atoms with Gasteiger partial charge in [0.25, 0.3) is 0 Å². The van der Waals surface area contributed by atoms with Crippen molar-refractivity contribution in [3.05, 3.63) is 56.0 Å². The topological polar surface area (TPSA) is 12.0 Å². The number of likely N-dealkylation sites (N-methyl/N-ethyl adjacent to an activating group) is 1. The van der Waals surface area contributed by atoms with Gasteiger partial charge in [-0.1, -0.05) is 18.2 Å². The lowest BCUT2D eigenvalue weighted by Gasteiger charge is -2.14. The molecule has 0 aliphatic heterocycles. The number of hydrogen-bond acceptors (Lipinski definition) is 3. The fraction of sp³-hybridized carbons (Fsp3) is 0.200. The van der Waals surface area contributed by atoms with Crippen LogP contribution in [0, 0.1) is 0 Å². The van der Waals surface area contributed by atoms with Gasteiger partial charge in [0.2, 0.25) is 0 Å². The number of thiophene rings is 2. The Balaban J connectivity index is 1.90. The highest BCUT2D eigenvalue weighted by Crippen LogP contribution is 2.32. The molecule has 0 saturated heterocycles. The van der Waals surface area contributed by atoms with Crippen molar-refractivity contribution in [2.45, 2.75) is 12.5 Å². The highest BCUT2D eigenvalue weighted by Gasteiger charge is 2.14. The van der Waals surface area contributed by atoms with Crippen LogP contribution in [0.5, 0.6) is 0 Å². The summed E-state index contributed by atoms with van der Waals surface area (Å²) in [6.07, 6.45) is 1.04. The number of rotatable bonds is 4. The van der Waals surface area contributed by atoms with Crippen LogP contribution in [0.2, 0.25) is 0 Å². The zero-order valence-electron chi connectivity index (χ0n) is 10.5. The zero-order chi connectivity index (χ0) is 13.2. The predicted molar refractivity (Wildman–Crippen MR) is 89.3 cm³/mol. The van der Waals surface area contributed by atoms with Gasteiger partial charge in [0.1, 0.15) is 0 Å². The van der Waals surface area contributed by atoms with E-state index in [0.29, 0.717) is 6.04 Å². The summed E-state index contributed by atoms with van der Waals surface area (Å²) in [5, 5.41) is 9.25. The van der Waals surface area contributed by atoms with Crippen molar-refractivity contribution in [1.29, 1.82) is 0 Å². The second-order valence-electron chi connectivity index (χ2n) is 4.47. The molecule has 2 aromatic heterocycles. The standard InChI is InChI=1S/C15H14BrNS2/c1-17-13(15-7-11(16)9-19-15)6-10-8-18-14-5-3-2-4-12(10)14/h2-5,7-9,13,17H,6H2,1H3. The first-order chi connectivity index (χ1) is 9.28. The number of hydrogen-bond donors (Lipinski definition) is 1. The minimum atomic E-state index is 0.384. The van der Waals surface area contributed by atoms with E-state index in [1.54, 1.807) is 11.3 Å². The molecular weight excluding hydrogens is 338 g/mol. The summed E-state index contributed by atoms with van der Waals surface area (Å²) in [7, 11) is 2.03. The Bertz CT molecular complexity index is 686. The summed E-state index contributed by atoms with van der Waals surface area (Å²) in [5.41, 5.74) is 1.43. The molecule has 0 amide bonds. The van der Waals surface area contributed by atoms with Crippen molar-refractivity contribution in [3.8, 4) is 0 Å². The Kier molecular flexibility index (Phi) is 4.03. The van der Waals surface area contributed by atoms with Gasteiger partial charge in [-0.15, -0.1) is 22.7 Å². The van der Waals surface area contributed by atoms with Crippen LogP contribution in [0.3, 0.4) is 0 Å². The molecule has 1 unspecified atom stereocenters. The molecule has 0 spiro atoms.